The first kappa shape index (κ1) is 20.2. The molecule has 1 aliphatic rings. The maximum absolute atomic E-state index is 12.8. The van der Waals surface area contributed by atoms with Crippen molar-refractivity contribution in [3.8, 4) is 11.8 Å². The van der Waals surface area contributed by atoms with Crippen molar-refractivity contribution in [2.75, 3.05) is 30.8 Å². The summed E-state index contributed by atoms with van der Waals surface area (Å²) >= 11 is 0. The molecule has 0 bridgehead atoms. The number of sulfonamides is 1. The van der Waals surface area contributed by atoms with E-state index in [1.165, 1.54) is 7.11 Å². The Labute approximate surface area is 173 Å². The van der Waals surface area contributed by atoms with Gasteiger partial charge >= 0.3 is 0 Å². The molecule has 4 rings (SSSR count). The summed E-state index contributed by atoms with van der Waals surface area (Å²) in [5.41, 5.74) is 1.27. The van der Waals surface area contributed by atoms with Crippen LogP contribution in [0.2, 0.25) is 0 Å². The number of hydrogen-bond acceptors (Lipinski definition) is 8. The van der Waals surface area contributed by atoms with Crippen molar-refractivity contribution in [1.82, 2.24) is 14.9 Å². The number of aromatic nitrogens is 3. The molecule has 0 aliphatic carbocycles. The normalized spacial score (nSPS) is 19.5. The Morgan fingerprint density at radius 3 is 3.03 bits per heavy atom. The molecule has 11 heteroatoms. The Kier molecular flexibility index (Phi) is 5.61. The third-order valence-electron chi connectivity index (χ3n) is 5.07. The predicted octanol–water partition coefficient (Wildman–Crippen LogP) is 2.00. The molecule has 3 aromatic rings. The highest BCUT2D eigenvalue weighted by atomic mass is 32.2. The van der Waals surface area contributed by atoms with E-state index in [0.29, 0.717) is 36.3 Å². The van der Waals surface area contributed by atoms with Crippen molar-refractivity contribution < 1.29 is 22.4 Å². The van der Waals surface area contributed by atoms with Crippen LogP contribution in [-0.4, -0.2) is 49.4 Å². The van der Waals surface area contributed by atoms with Gasteiger partial charge in [-0.2, -0.15) is 10.4 Å². The van der Waals surface area contributed by atoms with E-state index in [2.05, 4.69) is 21.0 Å². The van der Waals surface area contributed by atoms with Crippen molar-refractivity contribution in [3.63, 3.8) is 0 Å². The molecule has 2 unspecified atom stereocenters. The summed E-state index contributed by atoms with van der Waals surface area (Å²) in [6.45, 7) is 1.19. The molecule has 158 valence electrons. The van der Waals surface area contributed by atoms with Gasteiger partial charge in [0.1, 0.15) is 11.1 Å². The van der Waals surface area contributed by atoms with Crippen LogP contribution in [-0.2, 0) is 21.3 Å². The minimum absolute atomic E-state index is 0.0630. The third-order valence-corrected chi connectivity index (χ3v) is 6.44. The fourth-order valence-electron chi connectivity index (χ4n) is 3.59. The summed E-state index contributed by atoms with van der Waals surface area (Å²) in [7, 11) is -2.27. The number of benzene rings is 1. The average Bonchev–Trinajstić information content (AvgIpc) is 3.37. The Morgan fingerprint density at radius 2 is 2.30 bits per heavy atom. The summed E-state index contributed by atoms with van der Waals surface area (Å²) in [6.07, 6.45) is 4.03. The number of fused-ring (bicyclic) bond motifs is 1. The van der Waals surface area contributed by atoms with Gasteiger partial charge in [0.15, 0.2) is 11.4 Å². The monoisotopic (exact) mass is 431 g/mol. The van der Waals surface area contributed by atoms with E-state index >= 15 is 0 Å². The van der Waals surface area contributed by atoms with Crippen LogP contribution in [0.15, 0.2) is 35.1 Å². The molecule has 2 atom stereocenters. The Morgan fingerprint density at radius 1 is 1.43 bits per heavy atom. The van der Waals surface area contributed by atoms with Crippen LogP contribution in [0.4, 0.5) is 5.82 Å². The lowest BCUT2D eigenvalue weighted by atomic mass is 9.91. The lowest BCUT2D eigenvalue weighted by molar-refractivity contribution is 0.0448. The summed E-state index contributed by atoms with van der Waals surface area (Å²) in [5, 5.41) is 17.8. The van der Waals surface area contributed by atoms with Crippen molar-refractivity contribution >= 4 is 26.8 Å². The van der Waals surface area contributed by atoms with Gasteiger partial charge in [-0.1, -0.05) is 5.16 Å². The molecule has 1 aliphatic heterocycles. The van der Waals surface area contributed by atoms with Crippen molar-refractivity contribution in [2.24, 2.45) is 11.8 Å². The molecule has 3 heterocycles. The number of nitrogens with zero attached hydrogens (tertiary/aromatic N) is 4. The Balaban J connectivity index is 1.59. The molecule has 0 radical (unpaired) electrons. The van der Waals surface area contributed by atoms with Gasteiger partial charge in [-0.15, -0.1) is 0 Å². The Hall–Kier alpha value is -3.10. The van der Waals surface area contributed by atoms with E-state index in [4.69, 9.17) is 14.0 Å². The van der Waals surface area contributed by atoms with Crippen LogP contribution in [0.3, 0.4) is 0 Å². The first-order valence-electron chi connectivity index (χ1n) is 9.40. The highest BCUT2D eigenvalue weighted by molar-refractivity contribution is 7.92. The molecule has 0 amide bonds. The first-order chi connectivity index (χ1) is 14.5. The number of rotatable bonds is 7. The molecule has 30 heavy (non-hydrogen) atoms. The molecule has 1 fully saturated rings. The van der Waals surface area contributed by atoms with Crippen LogP contribution in [0.25, 0.3) is 11.0 Å². The lowest BCUT2D eigenvalue weighted by Gasteiger charge is -2.26. The van der Waals surface area contributed by atoms with Gasteiger partial charge in [-0.05, 0) is 36.1 Å². The van der Waals surface area contributed by atoms with Gasteiger partial charge in [-0.3, -0.25) is 9.40 Å². The molecular formula is C19H21N5O5S. The summed E-state index contributed by atoms with van der Waals surface area (Å²) in [4.78, 5) is 0. The second-order valence-electron chi connectivity index (χ2n) is 7.15. The molecule has 1 aromatic carbocycles. The van der Waals surface area contributed by atoms with E-state index in [-0.39, 0.29) is 24.1 Å². The molecular weight excluding hydrogens is 410 g/mol. The number of nitrogens with one attached hydrogen (secondary N) is 1. The minimum Gasteiger partial charge on any atom is -0.496 e. The molecule has 1 N–H and O–H groups in total. The average molecular weight is 431 g/mol. The zero-order chi connectivity index (χ0) is 21.1. The van der Waals surface area contributed by atoms with E-state index in [0.717, 1.165) is 5.56 Å². The largest absolute Gasteiger partial charge is 0.496 e. The van der Waals surface area contributed by atoms with Crippen molar-refractivity contribution in [3.05, 3.63) is 36.2 Å². The van der Waals surface area contributed by atoms with Gasteiger partial charge in [0.2, 0.25) is 10.0 Å². The van der Waals surface area contributed by atoms with E-state index in [1.807, 2.05) is 12.3 Å². The number of hydrogen-bond donors (Lipinski definition) is 1. The zero-order valence-corrected chi connectivity index (χ0v) is 17.1. The smallest absolute Gasteiger partial charge is 0.234 e. The number of nitriles is 1. The maximum Gasteiger partial charge on any atom is 0.234 e. The minimum atomic E-state index is -3.76. The standard InChI is InChI=1S/C19H21N5O5S/c1-27-16-7-13(10-24-5-2-4-21-24)8-17-18(16)19(22-29-17)23-30(25,26)12-14-3-6-28-11-15(14)9-20/h2,4-5,7-8,14-15H,3,6,10-12H2,1H3,(H,22,23). The molecule has 2 aromatic heterocycles. The summed E-state index contributed by atoms with van der Waals surface area (Å²) in [5.74, 6) is -0.448. The molecule has 0 spiro atoms. The molecule has 1 saturated heterocycles. The van der Waals surface area contributed by atoms with Crippen LogP contribution in [0.1, 0.15) is 12.0 Å². The van der Waals surface area contributed by atoms with Crippen LogP contribution in [0.5, 0.6) is 5.75 Å². The van der Waals surface area contributed by atoms with Gasteiger partial charge in [0, 0.05) is 19.0 Å². The second kappa shape index (κ2) is 8.33. The topological polar surface area (TPSA) is 132 Å². The Bertz CT molecular complexity index is 1170. The second-order valence-corrected chi connectivity index (χ2v) is 8.92. The van der Waals surface area contributed by atoms with E-state index < -0.39 is 15.9 Å². The highest BCUT2D eigenvalue weighted by Crippen LogP contribution is 2.34. The van der Waals surface area contributed by atoms with Gasteiger partial charge < -0.3 is 14.0 Å². The third kappa shape index (κ3) is 4.24. The zero-order valence-electron chi connectivity index (χ0n) is 16.3. The fourth-order valence-corrected chi connectivity index (χ4v) is 5.07. The molecule has 10 nitrogen and oxygen atoms in total. The van der Waals surface area contributed by atoms with Crippen LogP contribution < -0.4 is 9.46 Å². The van der Waals surface area contributed by atoms with Crippen molar-refractivity contribution in [1.29, 1.82) is 5.26 Å². The fraction of sp³-hybridized carbons (Fsp3) is 0.421. The van der Waals surface area contributed by atoms with Crippen LogP contribution >= 0.6 is 0 Å². The maximum atomic E-state index is 12.8. The van der Waals surface area contributed by atoms with Gasteiger partial charge in [-0.25, -0.2) is 8.42 Å². The number of ether oxygens (including phenoxy) is 2. The van der Waals surface area contributed by atoms with Crippen LogP contribution in [0, 0.1) is 23.2 Å². The lowest BCUT2D eigenvalue weighted by Crippen LogP contribution is -2.33. The summed E-state index contributed by atoms with van der Waals surface area (Å²) in [6, 6.07) is 7.52. The quantitative estimate of drug-likeness (QED) is 0.601. The first-order valence-corrected chi connectivity index (χ1v) is 11.1. The number of methoxy groups -OCH3 is 1. The van der Waals surface area contributed by atoms with Crippen molar-refractivity contribution in [2.45, 2.75) is 13.0 Å². The van der Waals surface area contributed by atoms with Gasteiger partial charge in [0.25, 0.3) is 0 Å². The number of anilines is 1. The molecule has 0 saturated carbocycles. The SMILES string of the molecule is COc1cc(Cn2cccn2)cc2onc(NS(=O)(=O)CC3CCOCC3C#N)c12. The highest BCUT2D eigenvalue weighted by Gasteiger charge is 2.31. The van der Waals surface area contributed by atoms with Gasteiger partial charge in [0.05, 0.1) is 38.0 Å². The van der Waals surface area contributed by atoms with E-state index in [1.54, 1.807) is 23.0 Å². The van der Waals surface area contributed by atoms with E-state index in [9.17, 15) is 13.7 Å². The summed E-state index contributed by atoms with van der Waals surface area (Å²) < 4.78 is 45.9. The predicted molar refractivity (Wildman–Crippen MR) is 107 cm³/mol.